The van der Waals surface area contributed by atoms with E-state index >= 15 is 0 Å². The van der Waals surface area contributed by atoms with Gasteiger partial charge in [-0.15, -0.1) is 0 Å². The zero-order valence-corrected chi connectivity index (χ0v) is 19.1. The summed E-state index contributed by atoms with van der Waals surface area (Å²) in [4.78, 5) is 14.8. The predicted octanol–water partition coefficient (Wildman–Crippen LogP) is 5.58. The highest BCUT2D eigenvalue weighted by molar-refractivity contribution is 6.30. The van der Waals surface area contributed by atoms with Gasteiger partial charge in [0.25, 0.3) is 5.91 Å². The van der Waals surface area contributed by atoms with E-state index in [1.165, 1.54) is 12.5 Å². The van der Waals surface area contributed by atoms with Crippen LogP contribution in [0.5, 0.6) is 11.5 Å². The number of amides is 1. The third-order valence-corrected chi connectivity index (χ3v) is 6.25. The Morgan fingerprint density at radius 2 is 2.06 bits per heavy atom. The average molecular weight is 468 g/mol. The van der Waals surface area contributed by atoms with Crippen LogP contribution >= 0.6 is 11.6 Å². The zero-order valence-electron chi connectivity index (χ0n) is 18.3. The van der Waals surface area contributed by atoms with E-state index in [2.05, 4.69) is 0 Å². The van der Waals surface area contributed by atoms with E-state index in [1.54, 1.807) is 11.0 Å². The molecular formula is C26H26ClNO5. The number of furan rings is 1. The molecule has 3 heterocycles. The van der Waals surface area contributed by atoms with E-state index in [1.807, 2.05) is 36.4 Å². The van der Waals surface area contributed by atoms with Gasteiger partial charge in [0, 0.05) is 23.7 Å². The summed E-state index contributed by atoms with van der Waals surface area (Å²) in [6.45, 7) is 2.49. The molecule has 1 saturated heterocycles. The summed E-state index contributed by atoms with van der Waals surface area (Å²) < 4.78 is 23.3. The third kappa shape index (κ3) is 5.02. The quantitative estimate of drug-likeness (QED) is 0.490. The second-order valence-electron chi connectivity index (χ2n) is 8.36. The lowest BCUT2D eigenvalue weighted by atomic mass is 10.0. The van der Waals surface area contributed by atoms with Gasteiger partial charge in [-0.05, 0) is 60.7 Å². The first-order valence-corrected chi connectivity index (χ1v) is 11.7. The third-order valence-electron chi connectivity index (χ3n) is 6.01. The lowest BCUT2D eigenvalue weighted by molar-refractivity contribution is -0.0115. The van der Waals surface area contributed by atoms with Crippen LogP contribution in [0.25, 0.3) is 11.1 Å². The largest absolute Gasteiger partial charge is 0.487 e. The van der Waals surface area contributed by atoms with Crippen LogP contribution < -0.4 is 9.47 Å². The highest BCUT2D eigenvalue weighted by atomic mass is 35.5. The van der Waals surface area contributed by atoms with Crippen molar-refractivity contribution < 1.29 is 23.4 Å². The molecule has 2 aliphatic rings. The maximum absolute atomic E-state index is 13.0. The molecule has 1 fully saturated rings. The Bertz CT molecular complexity index is 1110. The molecule has 0 saturated carbocycles. The average Bonchev–Trinajstić information content (AvgIpc) is 3.29. The summed E-state index contributed by atoms with van der Waals surface area (Å²) in [5.74, 6) is 1.25. The van der Waals surface area contributed by atoms with E-state index in [0.29, 0.717) is 48.4 Å². The minimum absolute atomic E-state index is 0.0779. The molecule has 33 heavy (non-hydrogen) atoms. The molecule has 1 amide bonds. The summed E-state index contributed by atoms with van der Waals surface area (Å²) in [7, 11) is 0. The smallest absolute Gasteiger partial charge is 0.257 e. The Morgan fingerprint density at radius 3 is 2.85 bits per heavy atom. The fraction of sp³-hybridized carbons (Fsp3) is 0.346. The van der Waals surface area contributed by atoms with Crippen LogP contribution in [0.3, 0.4) is 0 Å². The minimum Gasteiger partial charge on any atom is -0.487 e. The van der Waals surface area contributed by atoms with Crippen molar-refractivity contribution in [3.05, 3.63) is 71.1 Å². The van der Waals surface area contributed by atoms with Gasteiger partial charge in [-0.3, -0.25) is 4.79 Å². The summed E-state index contributed by atoms with van der Waals surface area (Å²) in [6.07, 6.45) is 6.29. The standard InChI is InChI=1S/C26H26ClNO5/c27-22-5-3-4-18(13-22)20-12-21-15-28(26(29)19-7-10-30-16-19)8-11-32-25(21)24(14-20)33-17-23-6-1-2-9-31-23/h3-5,7,10,12-14,16,23H,1-2,6,8-9,11,15,17H2/t23-/m1/s1. The van der Waals surface area contributed by atoms with Gasteiger partial charge in [0.15, 0.2) is 11.5 Å². The molecule has 0 radical (unpaired) electrons. The van der Waals surface area contributed by atoms with Crippen molar-refractivity contribution in [2.45, 2.75) is 31.9 Å². The first kappa shape index (κ1) is 21.9. The molecule has 6 nitrogen and oxygen atoms in total. The molecule has 5 rings (SSSR count). The summed E-state index contributed by atoms with van der Waals surface area (Å²) in [6, 6.07) is 13.4. The second-order valence-corrected chi connectivity index (χ2v) is 8.80. The fourth-order valence-electron chi connectivity index (χ4n) is 4.29. The van der Waals surface area contributed by atoms with Crippen LogP contribution in [0.4, 0.5) is 0 Å². The van der Waals surface area contributed by atoms with Crippen molar-refractivity contribution in [1.29, 1.82) is 0 Å². The lowest BCUT2D eigenvalue weighted by Gasteiger charge is -2.24. The molecule has 7 heteroatoms. The maximum atomic E-state index is 13.0. The van der Waals surface area contributed by atoms with Crippen LogP contribution in [0.2, 0.25) is 5.02 Å². The molecule has 1 aromatic heterocycles. The first-order valence-electron chi connectivity index (χ1n) is 11.3. The number of carbonyl (C=O) groups is 1. The number of halogens is 1. The van der Waals surface area contributed by atoms with E-state index in [4.69, 9.17) is 30.2 Å². The molecule has 1 atom stereocenters. The summed E-state index contributed by atoms with van der Waals surface area (Å²) >= 11 is 6.25. The summed E-state index contributed by atoms with van der Waals surface area (Å²) in [5, 5.41) is 0.661. The molecule has 3 aromatic rings. The highest BCUT2D eigenvalue weighted by Gasteiger charge is 2.26. The Kier molecular flexibility index (Phi) is 6.55. The van der Waals surface area contributed by atoms with Crippen LogP contribution in [-0.4, -0.2) is 43.3 Å². The number of nitrogens with zero attached hydrogens (tertiary/aromatic N) is 1. The number of hydrogen-bond donors (Lipinski definition) is 0. The number of hydrogen-bond acceptors (Lipinski definition) is 5. The number of benzene rings is 2. The molecule has 2 aromatic carbocycles. The molecular weight excluding hydrogens is 442 g/mol. The van der Waals surface area contributed by atoms with Crippen LogP contribution in [-0.2, 0) is 11.3 Å². The van der Waals surface area contributed by atoms with E-state index < -0.39 is 0 Å². The van der Waals surface area contributed by atoms with Gasteiger partial charge in [0.05, 0.1) is 24.5 Å². The van der Waals surface area contributed by atoms with Crippen molar-refractivity contribution in [2.24, 2.45) is 0 Å². The fourth-order valence-corrected chi connectivity index (χ4v) is 4.48. The lowest BCUT2D eigenvalue weighted by Crippen LogP contribution is -2.32. The molecule has 0 bridgehead atoms. The minimum atomic E-state index is -0.0913. The normalized spacial score (nSPS) is 18.2. The van der Waals surface area contributed by atoms with Crippen LogP contribution in [0.15, 0.2) is 59.4 Å². The Morgan fingerprint density at radius 1 is 1.12 bits per heavy atom. The van der Waals surface area contributed by atoms with E-state index in [0.717, 1.165) is 42.6 Å². The molecule has 172 valence electrons. The molecule has 0 spiro atoms. The predicted molar refractivity (Wildman–Crippen MR) is 125 cm³/mol. The Hall–Kier alpha value is -2.96. The SMILES string of the molecule is O=C(c1ccoc1)N1CCOc2c(cc(-c3cccc(Cl)c3)cc2OC[C@H]2CCCCO2)C1. The number of ether oxygens (including phenoxy) is 3. The topological polar surface area (TPSA) is 61.1 Å². The van der Waals surface area contributed by atoms with Gasteiger partial charge in [-0.2, -0.15) is 0 Å². The van der Waals surface area contributed by atoms with Crippen molar-refractivity contribution in [3.8, 4) is 22.6 Å². The monoisotopic (exact) mass is 467 g/mol. The highest BCUT2D eigenvalue weighted by Crippen LogP contribution is 2.39. The number of rotatable bonds is 5. The van der Waals surface area contributed by atoms with Crippen molar-refractivity contribution in [1.82, 2.24) is 4.90 Å². The number of fused-ring (bicyclic) bond motifs is 1. The molecule has 0 N–H and O–H groups in total. The Balaban J connectivity index is 1.48. The van der Waals surface area contributed by atoms with E-state index in [9.17, 15) is 4.79 Å². The van der Waals surface area contributed by atoms with Gasteiger partial charge < -0.3 is 23.5 Å². The van der Waals surface area contributed by atoms with Gasteiger partial charge in [-0.1, -0.05) is 23.7 Å². The van der Waals surface area contributed by atoms with Crippen molar-refractivity contribution in [2.75, 3.05) is 26.4 Å². The summed E-state index contributed by atoms with van der Waals surface area (Å²) in [5.41, 5.74) is 3.34. The van der Waals surface area contributed by atoms with Gasteiger partial charge >= 0.3 is 0 Å². The molecule has 0 aliphatic carbocycles. The molecule has 0 unspecified atom stereocenters. The van der Waals surface area contributed by atoms with Crippen LogP contribution in [0, 0.1) is 0 Å². The second kappa shape index (κ2) is 9.89. The zero-order chi connectivity index (χ0) is 22.6. The van der Waals surface area contributed by atoms with Gasteiger partial charge in [-0.25, -0.2) is 0 Å². The Labute approximate surface area is 198 Å². The van der Waals surface area contributed by atoms with Gasteiger partial charge in [0.2, 0.25) is 0 Å². The van der Waals surface area contributed by atoms with Crippen molar-refractivity contribution >= 4 is 17.5 Å². The number of carbonyl (C=O) groups excluding carboxylic acids is 1. The van der Waals surface area contributed by atoms with Crippen molar-refractivity contribution in [3.63, 3.8) is 0 Å². The van der Waals surface area contributed by atoms with E-state index in [-0.39, 0.29) is 12.0 Å². The van der Waals surface area contributed by atoms with Crippen LogP contribution in [0.1, 0.15) is 35.2 Å². The van der Waals surface area contributed by atoms with Gasteiger partial charge in [0.1, 0.15) is 19.5 Å². The first-order chi connectivity index (χ1) is 16.2. The maximum Gasteiger partial charge on any atom is 0.257 e. The molecule has 2 aliphatic heterocycles.